The monoisotopic (exact) mass is 348 g/mol. The first kappa shape index (κ1) is 18.2. The van der Waals surface area contributed by atoms with Crippen LogP contribution in [0.2, 0.25) is 0 Å². The van der Waals surface area contributed by atoms with E-state index in [-0.39, 0.29) is 11.3 Å². The fourth-order valence-corrected chi connectivity index (χ4v) is 2.84. The van der Waals surface area contributed by atoms with E-state index in [1.54, 1.807) is 24.3 Å². The van der Waals surface area contributed by atoms with E-state index in [2.05, 4.69) is 11.4 Å². The fraction of sp³-hybridized carbons (Fsp3) is 0.278. The number of benzene rings is 2. The van der Waals surface area contributed by atoms with Crippen molar-refractivity contribution in [2.75, 3.05) is 0 Å². The summed E-state index contributed by atoms with van der Waals surface area (Å²) in [5.74, 6) is -0.732. The predicted octanol–water partition coefficient (Wildman–Crippen LogP) is 4.67. The van der Waals surface area contributed by atoms with Gasteiger partial charge in [-0.2, -0.15) is 0 Å². The van der Waals surface area contributed by atoms with Crippen molar-refractivity contribution < 1.29 is 23.3 Å². The summed E-state index contributed by atoms with van der Waals surface area (Å²) in [4.78, 5) is 21.7. The molecule has 0 saturated heterocycles. The number of hydrogen-bond donors (Lipinski definition) is 1. The summed E-state index contributed by atoms with van der Waals surface area (Å²) in [7, 11) is -4.53. The van der Waals surface area contributed by atoms with Gasteiger partial charge in [0, 0.05) is 0 Å². The predicted molar refractivity (Wildman–Crippen MR) is 92.1 cm³/mol. The van der Waals surface area contributed by atoms with Crippen molar-refractivity contribution in [3.63, 3.8) is 0 Å². The van der Waals surface area contributed by atoms with Gasteiger partial charge >= 0.3 is 13.8 Å². The quantitative estimate of drug-likeness (QED) is 0.736. The zero-order chi connectivity index (χ0) is 17.6. The maximum Gasteiger partial charge on any atom is 0.587 e. The van der Waals surface area contributed by atoms with Crippen LogP contribution in [-0.4, -0.2) is 10.9 Å². The van der Waals surface area contributed by atoms with Crippen LogP contribution in [-0.2, 0) is 15.5 Å². The maximum absolute atomic E-state index is 12.0. The molecule has 1 N–H and O–H groups in total. The van der Waals surface area contributed by atoms with Crippen molar-refractivity contribution in [3.05, 3.63) is 65.2 Å². The number of phosphoric ester groups is 1. The Bertz CT molecular complexity index is 722. The van der Waals surface area contributed by atoms with Crippen LogP contribution in [0.5, 0.6) is 5.75 Å². The van der Waals surface area contributed by atoms with E-state index in [1.807, 2.05) is 19.1 Å². The van der Waals surface area contributed by atoms with Crippen LogP contribution < -0.4 is 4.52 Å². The number of carbonyl (C=O) groups is 1. The largest absolute Gasteiger partial charge is 0.587 e. The lowest BCUT2D eigenvalue weighted by Gasteiger charge is -2.13. The van der Waals surface area contributed by atoms with Crippen LogP contribution in [0.25, 0.3) is 0 Å². The highest BCUT2D eigenvalue weighted by Crippen LogP contribution is 2.44. The van der Waals surface area contributed by atoms with Crippen LogP contribution >= 0.6 is 7.82 Å². The lowest BCUT2D eigenvalue weighted by Crippen LogP contribution is -2.06. The van der Waals surface area contributed by atoms with Crippen molar-refractivity contribution in [1.29, 1.82) is 0 Å². The molecule has 0 fully saturated rings. The maximum atomic E-state index is 12.0. The Hall–Kier alpha value is -2.10. The molecule has 0 radical (unpaired) electrons. The highest BCUT2D eigenvalue weighted by molar-refractivity contribution is 7.48. The van der Waals surface area contributed by atoms with Gasteiger partial charge in [0.25, 0.3) is 0 Å². The first-order valence-electron chi connectivity index (χ1n) is 7.81. The molecule has 0 amide bonds. The Kier molecular flexibility index (Phi) is 6.18. The Morgan fingerprint density at radius 1 is 1.08 bits per heavy atom. The number of rotatable bonds is 7. The number of carbonyl (C=O) groups excluding carboxylic acids is 1. The molecule has 5 nitrogen and oxygen atoms in total. The molecule has 24 heavy (non-hydrogen) atoms. The number of hydrogen-bond acceptors (Lipinski definition) is 4. The lowest BCUT2D eigenvalue weighted by atomic mass is 10.1. The second kappa shape index (κ2) is 8.13. The summed E-state index contributed by atoms with van der Waals surface area (Å²) in [6.07, 6.45) is 3.09. The highest BCUT2D eigenvalue weighted by atomic mass is 31.2. The van der Waals surface area contributed by atoms with Crippen LogP contribution in [0.4, 0.5) is 0 Å². The molecule has 6 heteroatoms. The van der Waals surface area contributed by atoms with Gasteiger partial charge in [0.15, 0.2) is 0 Å². The van der Waals surface area contributed by atoms with Crippen LogP contribution in [0.1, 0.15) is 41.3 Å². The fourth-order valence-electron chi connectivity index (χ4n) is 2.10. The minimum atomic E-state index is -4.53. The van der Waals surface area contributed by atoms with Crippen molar-refractivity contribution >= 4 is 13.8 Å². The van der Waals surface area contributed by atoms with Gasteiger partial charge in [-0.1, -0.05) is 43.2 Å². The van der Waals surface area contributed by atoms with Gasteiger partial charge in [0.05, 0.1) is 5.56 Å². The molecule has 0 aromatic heterocycles. The number of aryl methyl sites for hydroxylation is 2. The van der Waals surface area contributed by atoms with E-state index in [4.69, 9.17) is 4.52 Å². The van der Waals surface area contributed by atoms with Crippen LogP contribution in [0.15, 0.2) is 48.5 Å². The molecule has 0 aliphatic carbocycles. The van der Waals surface area contributed by atoms with Crippen molar-refractivity contribution in [2.24, 2.45) is 0 Å². The Balaban J connectivity index is 1.99. The topological polar surface area (TPSA) is 72.8 Å². The standard InChI is InChI=1S/C18H21O5P/c1-3-4-5-15-8-10-16(11-9-15)18(19)23-24(20,21)22-17-12-6-14(2)7-13-17/h6-13H,3-5H2,1-2H3,(H,20,21). The van der Waals surface area contributed by atoms with Gasteiger partial charge in [-0.25, -0.2) is 9.36 Å². The molecule has 2 rings (SSSR count). The van der Waals surface area contributed by atoms with Crippen molar-refractivity contribution in [3.8, 4) is 5.75 Å². The van der Waals surface area contributed by atoms with Gasteiger partial charge in [-0.3, -0.25) is 4.89 Å². The average Bonchev–Trinajstić information content (AvgIpc) is 2.55. The Morgan fingerprint density at radius 3 is 2.29 bits per heavy atom. The van der Waals surface area contributed by atoms with E-state index in [0.717, 1.165) is 30.4 Å². The Morgan fingerprint density at radius 2 is 1.71 bits per heavy atom. The zero-order valence-corrected chi connectivity index (χ0v) is 14.7. The molecular weight excluding hydrogens is 327 g/mol. The molecule has 0 spiro atoms. The zero-order valence-electron chi connectivity index (χ0n) is 13.8. The second-order valence-corrected chi connectivity index (χ2v) is 6.85. The minimum absolute atomic E-state index is 0.161. The summed E-state index contributed by atoms with van der Waals surface area (Å²) < 4.78 is 21.5. The normalized spacial score (nSPS) is 13.1. The SMILES string of the molecule is CCCCc1ccc(C(=O)OP(=O)(O)Oc2ccc(C)cc2)cc1. The van der Waals surface area contributed by atoms with E-state index in [1.165, 1.54) is 12.1 Å². The van der Waals surface area contributed by atoms with E-state index >= 15 is 0 Å². The molecule has 2 aromatic rings. The van der Waals surface area contributed by atoms with Gasteiger partial charge < -0.3 is 9.05 Å². The summed E-state index contributed by atoms with van der Waals surface area (Å²) in [6.45, 7) is 3.99. The number of unbranched alkanes of at least 4 members (excludes halogenated alkanes) is 1. The van der Waals surface area contributed by atoms with E-state index in [0.29, 0.717) is 0 Å². The number of phosphoric acid groups is 1. The lowest BCUT2D eigenvalue weighted by molar-refractivity contribution is 0.0683. The van der Waals surface area contributed by atoms with Crippen molar-refractivity contribution in [1.82, 2.24) is 0 Å². The first-order valence-corrected chi connectivity index (χ1v) is 9.31. The van der Waals surface area contributed by atoms with Crippen LogP contribution in [0.3, 0.4) is 0 Å². The third-order valence-electron chi connectivity index (χ3n) is 3.45. The van der Waals surface area contributed by atoms with Gasteiger partial charge in [0.1, 0.15) is 5.75 Å². The molecule has 0 bridgehead atoms. The molecule has 0 aliphatic rings. The molecule has 0 saturated carbocycles. The van der Waals surface area contributed by atoms with Crippen molar-refractivity contribution in [2.45, 2.75) is 33.1 Å². The summed E-state index contributed by atoms with van der Waals surface area (Å²) >= 11 is 0. The summed E-state index contributed by atoms with van der Waals surface area (Å²) in [5, 5.41) is 0. The van der Waals surface area contributed by atoms with E-state index in [9.17, 15) is 14.3 Å². The molecule has 0 aliphatic heterocycles. The Labute approximate surface area is 141 Å². The highest BCUT2D eigenvalue weighted by Gasteiger charge is 2.28. The van der Waals surface area contributed by atoms with Crippen LogP contribution in [0, 0.1) is 6.92 Å². The summed E-state index contributed by atoms with van der Waals surface area (Å²) in [5.41, 5.74) is 2.30. The molecule has 1 atom stereocenters. The second-order valence-electron chi connectivity index (χ2n) is 5.55. The van der Waals surface area contributed by atoms with Gasteiger partial charge in [-0.15, -0.1) is 0 Å². The first-order chi connectivity index (χ1) is 11.4. The molecule has 1 unspecified atom stereocenters. The minimum Gasteiger partial charge on any atom is -0.395 e. The molecule has 0 heterocycles. The third-order valence-corrected chi connectivity index (χ3v) is 4.29. The van der Waals surface area contributed by atoms with E-state index < -0.39 is 13.8 Å². The third kappa shape index (κ3) is 5.52. The smallest absolute Gasteiger partial charge is 0.395 e. The average molecular weight is 348 g/mol. The molecular formula is C18H21O5P. The molecule has 2 aromatic carbocycles. The molecule has 128 valence electrons. The summed E-state index contributed by atoms with van der Waals surface area (Å²) in [6, 6.07) is 13.3. The van der Waals surface area contributed by atoms with Gasteiger partial charge in [-0.05, 0) is 49.6 Å². The van der Waals surface area contributed by atoms with Gasteiger partial charge in [0.2, 0.25) is 0 Å².